The molecule has 110 valence electrons. The highest BCUT2D eigenvalue weighted by Crippen LogP contribution is 2.38. The summed E-state index contributed by atoms with van der Waals surface area (Å²) in [7, 11) is 0. The van der Waals surface area contributed by atoms with Crippen LogP contribution in [0.5, 0.6) is 0 Å². The summed E-state index contributed by atoms with van der Waals surface area (Å²) in [5.41, 5.74) is 2.04. The number of hydrogen-bond donors (Lipinski definition) is 1. The molecule has 21 heavy (non-hydrogen) atoms. The van der Waals surface area contributed by atoms with Crippen molar-refractivity contribution in [2.45, 2.75) is 37.8 Å². The zero-order valence-electron chi connectivity index (χ0n) is 12.0. The Morgan fingerprint density at radius 1 is 1.00 bits per heavy atom. The van der Waals surface area contributed by atoms with E-state index in [9.17, 15) is 8.78 Å². The van der Waals surface area contributed by atoms with Crippen LogP contribution in [0, 0.1) is 11.6 Å². The second-order valence-corrected chi connectivity index (χ2v) is 5.86. The molecule has 1 nitrogen and oxygen atoms in total. The van der Waals surface area contributed by atoms with Crippen molar-refractivity contribution >= 4 is 0 Å². The van der Waals surface area contributed by atoms with Crippen LogP contribution in [0.3, 0.4) is 0 Å². The first kappa shape index (κ1) is 14.2. The third-order valence-electron chi connectivity index (χ3n) is 4.29. The molecule has 0 bridgehead atoms. The number of hydrogen-bond acceptors (Lipinski definition) is 1. The third-order valence-corrected chi connectivity index (χ3v) is 4.29. The van der Waals surface area contributed by atoms with Crippen LogP contribution in [0.25, 0.3) is 0 Å². The summed E-state index contributed by atoms with van der Waals surface area (Å²) < 4.78 is 26.4. The minimum Gasteiger partial charge on any atom is -0.307 e. The van der Waals surface area contributed by atoms with Gasteiger partial charge in [-0.2, -0.15) is 0 Å². The summed E-state index contributed by atoms with van der Waals surface area (Å²) >= 11 is 0. The Bertz CT molecular complexity index is 620. The summed E-state index contributed by atoms with van der Waals surface area (Å²) in [5, 5.41) is 3.51. The topological polar surface area (TPSA) is 12.0 Å². The first-order valence-electron chi connectivity index (χ1n) is 7.39. The van der Waals surface area contributed by atoms with Gasteiger partial charge in [-0.1, -0.05) is 24.3 Å². The predicted molar refractivity (Wildman–Crippen MR) is 80.1 cm³/mol. The lowest BCUT2D eigenvalue weighted by molar-refractivity contribution is 0.270. The predicted octanol–water partition coefficient (Wildman–Crippen LogP) is 4.56. The molecule has 0 radical (unpaired) electrons. The van der Waals surface area contributed by atoms with Gasteiger partial charge in [0.15, 0.2) is 0 Å². The molecule has 3 heteroatoms. The van der Waals surface area contributed by atoms with Gasteiger partial charge in [-0.05, 0) is 61.1 Å². The monoisotopic (exact) mass is 287 g/mol. The largest absolute Gasteiger partial charge is 0.307 e. The molecule has 0 unspecified atom stereocenters. The van der Waals surface area contributed by atoms with Gasteiger partial charge in [0, 0.05) is 12.1 Å². The van der Waals surface area contributed by atoms with Gasteiger partial charge in [0.2, 0.25) is 0 Å². The molecular weight excluding hydrogens is 268 g/mol. The van der Waals surface area contributed by atoms with Gasteiger partial charge >= 0.3 is 0 Å². The first-order chi connectivity index (χ1) is 10.1. The molecule has 0 spiro atoms. The lowest BCUT2D eigenvalue weighted by atomic mass is 9.75. The summed E-state index contributed by atoms with van der Waals surface area (Å²) in [6.07, 6.45) is 2.01. The number of benzene rings is 2. The SMILES string of the molecule is C[C@H](NC1CC(c2cccc(F)c2)C1)c1cccc(F)c1. The van der Waals surface area contributed by atoms with Gasteiger partial charge in [-0.3, -0.25) is 0 Å². The summed E-state index contributed by atoms with van der Waals surface area (Å²) in [4.78, 5) is 0. The van der Waals surface area contributed by atoms with E-state index in [0.29, 0.717) is 12.0 Å². The molecule has 3 rings (SSSR count). The molecular formula is C18H19F2N. The zero-order valence-corrected chi connectivity index (χ0v) is 12.0. The van der Waals surface area contributed by atoms with Crippen molar-refractivity contribution < 1.29 is 8.78 Å². The van der Waals surface area contributed by atoms with Gasteiger partial charge in [-0.15, -0.1) is 0 Å². The number of nitrogens with one attached hydrogen (secondary N) is 1. The Kier molecular flexibility index (Phi) is 4.02. The van der Waals surface area contributed by atoms with Crippen molar-refractivity contribution in [3.63, 3.8) is 0 Å². The van der Waals surface area contributed by atoms with E-state index in [-0.39, 0.29) is 17.7 Å². The molecule has 2 aromatic rings. The first-order valence-corrected chi connectivity index (χ1v) is 7.39. The van der Waals surface area contributed by atoms with Gasteiger partial charge < -0.3 is 5.32 Å². The van der Waals surface area contributed by atoms with Crippen LogP contribution < -0.4 is 5.32 Å². The van der Waals surface area contributed by atoms with Gasteiger partial charge in [-0.25, -0.2) is 8.78 Å². The minimum atomic E-state index is -0.201. The molecule has 1 aliphatic carbocycles. The lowest BCUT2D eigenvalue weighted by Gasteiger charge is -2.38. The van der Waals surface area contributed by atoms with Gasteiger partial charge in [0.25, 0.3) is 0 Å². The Labute approximate surface area is 124 Å². The summed E-state index contributed by atoms with van der Waals surface area (Å²) in [5.74, 6) is 0.0577. The number of halogens is 2. The van der Waals surface area contributed by atoms with Crippen LogP contribution in [0.4, 0.5) is 8.78 Å². The van der Waals surface area contributed by atoms with E-state index < -0.39 is 0 Å². The van der Waals surface area contributed by atoms with Crippen LogP contribution in [-0.2, 0) is 0 Å². The quantitative estimate of drug-likeness (QED) is 0.869. The highest BCUT2D eigenvalue weighted by atomic mass is 19.1. The van der Waals surface area contributed by atoms with E-state index in [1.807, 2.05) is 19.1 Å². The Morgan fingerprint density at radius 2 is 1.67 bits per heavy atom. The van der Waals surface area contributed by atoms with Gasteiger partial charge in [0.1, 0.15) is 11.6 Å². The summed E-state index contributed by atoms with van der Waals surface area (Å²) in [6, 6.07) is 14.1. The Morgan fingerprint density at radius 3 is 2.33 bits per heavy atom. The van der Waals surface area contributed by atoms with Crippen molar-refractivity contribution in [3.05, 3.63) is 71.3 Å². The molecule has 1 saturated carbocycles. The third kappa shape index (κ3) is 3.30. The molecule has 0 heterocycles. The molecule has 1 atom stereocenters. The van der Waals surface area contributed by atoms with Crippen molar-refractivity contribution in [3.8, 4) is 0 Å². The fourth-order valence-electron chi connectivity index (χ4n) is 3.01. The standard InChI is InChI=1S/C18H19F2N/c1-12(13-4-2-6-16(19)8-13)21-18-10-15(11-18)14-5-3-7-17(20)9-14/h2-9,12,15,18,21H,10-11H2,1H3/t12-,15?,18?/m0/s1. The fourth-order valence-corrected chi connectivity index (χ4v) is 3.01. The van der Waals surface area contributed by atoms with E-state index >= 15 is 0 Å². The lowest BCUT2D eigenvalue weighted by Crippen LogP contribution is -2.41. The maximum absolute atomic E-state index is 13.2. The van der Waals surface area contributed by atoms with E-state index in [2.05, 4.69) is 5.32 Å². The Hall–Kier alpha value is -1.74. The average Bonchev–Trinajstić information content (AvgIpc) is 2.42. The molecule has 2 aromatic carbocycles. The molecule has 0 aromatic heterocycles. The van der Waals surface area contributed by atoms with Crippen LogP contribution in [-0.4, -0.2) is 6.04 Å². The molecule has 1 aliphatic rings. The van der Waals surface area contributed by atoms with Crippen molar-refractivity contribution in [2.75, 3.05) is 0 Å². The van der Waals surface area contributed by atoms with Crippen LogP contribution in [0.1, 0.15) is 42.9 Å². The summed E-state index contributed by atoms with van der Waals surface area (Å²) in [6.45, 7) is 2.05. The molecule has 0 saturated heterocycles. The second kappa shape index (κ2) is 5.94. The van der Waals surface area contributed by atoms with Crippen molar-refractivity contribution in [2.24, 2.45) is 0 Å². The number of rotatable bonds is 4. The fraction of sp³-hybridized carbons (Fsp3) is 0.333. The Balaban J connectivity index is 1.55. The molecule has 0 amide bonds. The molecule has 1 fully saturated rings. The maximum Gasteiger partial charge on any atom is 0.123 e. The van der Waals surface area contributed by atoms with E-state index in [4.69, 9.17) is 0 Å². The van der Waals surface area contributed by atoms with E-state index in [1.165, 1.54) is 12.1 Å². The normalized spacial score (nSPS) is 22.6. The zero-order chi connectivity index (χ0) is 14.8. The van der Waals surface area contributed by atoms with Crippen LogP contribution in [0.2, 0.25) is 0 Å². The molecule has 1 N–H and O–H groups in total. The minimum absolute atomic E-state index is 0.124. The van der Waals surface area contributed by atoms with Gasteiger partial charge in [0.05, 0.1) is 0 Å². The van der Waals surface area contributed by atoms with E-state index in [0.717, 1.165) is 24.0 Å². The van der Waals surface area contributed by atoms with Crippen LogP contribution in [0.15, 0.2) is 48.5 Å². The average molecular weight is 287 g/mol. The highest BCUT2D eigenvalue weighted by molar-refractivity contribution is 5.25. The van der Waals surface area contributed by atoms with E-state index in [1.54, 1.807) is 24.3 Å². The smallest absolute Gasteiger partial charge is 0.123 e. The van der Waals surface area contributed by atoms with Crippen LogP contribution >= 0.6 is 0 Å². The van der Waals surface area contributed by atoms with Crippen molar-refractivity contribution in [1.29, 1.82) is 0 Å². The second-order valence-electron chi connectivity index (χ2n) is 5.86. The molecule has 0 aliphatic heterocycles. The maximum atomic E-state index is 13.2. The van der Waals surface area contributed by atoms with Crippen molar-refractivity contribution in [1.82, 2.24) is 5.32 Å². The highest BCUT2D eigenvalue weighted by Gasteiger charge is 2.31.